The highest BCUT2D eigenvalue weighted by Gasteiger charge is 2.21. The molecule has 3 heteroatoms. The molecule has 1 saturated carbocycles. The van der Waals surface area contributed by atoms with Gasteiger partial charge in [-0.2, -0.15) is 0 Å². The van der Waals surface area contributed by atoms with E-state index >= 15 is 0 Å². The number of hydrogen-bond donors (Lipinski definition) is 1. The van der Waals surface area contributed by atoms with Crippen LogP contribution in [-0.4, -0.2) is 0 Å². The second-order valence-electron chi connectivity index (χ2n) is 5.44. The third kappa shape index (κ3) is 2.65. The molecule has 2 aromatic carbocycles. The van der Waals surface area contributed by atoms with Crippen LogP contribution in [0.25, 0.3) is 0 Å². The van der Waals surface area contributed by atoms with E-state index in [0.29, 0.717) is 11.5 Å². The number of hydrogen-bond acceptors (Lipinski definition) is 1. The molecule has 1 aliphatic carbocycles. The molecule has 0 aromatic heterocycles. The normalized spacial score (nSPS) is 16.8. The van der Waals surface area contributed by atoms with Crippen molar-refractivity contribution in [2.24, 2.45) is 5.73 Å². The Morgan fingerprint density at radius 2 is 1.95 bits per heavy atom. The molecule has 0 heterocycles. The van der Waals surface area contributed by atoms with E-state index < -0.39 is 6.04 Å². The Balaban J connectivity index is 1.93. The minimum absolute atomic E-state index is 0.255. The van der Waals surface area contributed by atoms with Gasteiger partial charge in [0.25, 0.3) is 0 Å². The quantitative estimate of drug-likeness (QED) is 0.848. The standard InChI is InChI=1S/C17H17BrFN/c18-14-7-8-16(19)15(10-14)17(20)13-6-2-5-12(9-13)11-3-1-4-11/h2,5-11,17H,1,3-4,20H2. The van der Waals surface area contributed by atoms with Gasteiger partial charge in [-0.3, -0.25) is 0 Å². The maximum Gasteiger partial charge on any atom is 0.128 e. The zero-order chi connectivity index (χ0) is 14.1. The van der Waals surface area contributed by atoms with Gasteiger partial charge < -0.3 is 5.73 Å². The third-order valence-corrected chi connectivity index (χ3v) is 4.63. The molecular formula is C17H17BrFN. The second kappa shape index (κ2) is 5.66. The van der Waals surface area contributed by atoms with Gasteiger partial charge in [-0.25, -0.2) is 4.39 Å². The molecule has 0 saturated heterocycles. The second-order valence-corrected chi connectivity index (χ2v) is 6.36. The fraction of sp³-hybridized carbons (Fsp3) is 0.294. The average molecular weight is 334 g/mol. The van der Waals surface area contributed by atoms with Crippen molar-refractivity contribution < 1.29 is 4.39 Å². The summed E-state index contributed by atoms with van der Waals surface area (Å²) in [5.41, 5.74) is 9.10. The summed E-state index contributed by atoms with van der Waals surface area (Å²) in [5.74, 6) is 0.407. The topological polar surface area (TPSA) is 26.0 Å². The molecule has 1 nitrogen and oxygen atoms in total. The number of rotatable bonds is 3. The van der Waals surface area contributed by atoms with Crippen molar-refractivity contribution in [1.82, 2.24) is 0 Å². The molecule has 1 aliphatic rings. The summed E-state index contributed by atoms with van der Waals surface area (Å²) in [5, 5.41) is 0. The highest BCUT2D eigenvalue weighted by Crippen LogP contribution is 2.37. The predicted octanol–water partition coefficient (Wildman–Crippen LogP) is 4.90. The summed E-state index contributed by atoms with van der Waals surface area (Å²) >= 11 is 3.37. The highest BCUT2D eigenvalue weighted by atomic mass is 79.9. The van der Waals surface area contributed by atoms with Crippen LogP contribution in [0.3, 0.4) is 0 Å². The van der Waals surface area contributed by atoms with Crippen LogP contribution in [0, 0.1) is 5.82 Å². The molecule has 0 spiro atoms. The summed E-state index contributed by atoms with van der Waals surface area (Å²) in [6.45, 7) is 0. The van der Waals surface area contributed by atoms with Gasteiger partial charge in [0, 0.05) is 10.0 Å². The molecular weight excluding hydrogens is 317 g/mol. The first kappa shape index (κ1) is 13.8. The Morgan fingerprint density at radius 1 is 1.15 bits per heavy atom. The summed E-state index contributed by atoms with van der Waals surface area (Å²) in [4.78, 5) is 0. The first-order chi connectivity index (χ1) is 9.65. The molecule has 0 amide bonds. The Hall–Kier alpha value is -1.19. The van der Waals surface area contributed by atoms with Crippen molar-refractivity contribution in [2.45, 2.75) is 31.2 Å². The van der Waals surface area contributed by atoms with Crippen LogP contribution in [-0.2, 0) is 0 Å². The van der Waals surface area contributed by atoms with Gasteiger partial charge in [0.05, 0.1) is 6.04 Å². The predicted molar refractivity (Wildman–Crippen MR) is 83.2 cm³/mol. The van der Waals surface area contributed by atoms with Crippen molar-refractivity contribution in [3.63, 3.8) is 0 Å². The molecule has 1 atom stereocenters. The van der Waals surface area contributed by atoms with Gasteiger partial charge >= 0.3 is 0 Å². The Morgan fingerprint density at radius 3 is 2.65 bits per heavy atom. The molecule has 0 radical (unpaired) electrons. The summed E-state index contributed by atoms with van der Waals surface area (Å²) in [6, 6.07) is 12.8. The molecule has 0 aliphatic heterocycles. The molecule has 20 heavy (non-hydrogen) atoms. The lowest BCUT2D eigenvalue weighted by Gasteiger charge is -2.26. The van der Waals surface area contributed by atoms with E-state index in [-0.39, 0.29) is 5.82 Å². The van der Waals surface area contributed by atoms with Crippen LogP contribution in [0.5, 0.6) is 0 Å². The first-order valence-electron chi connectivity index (χ1n) is 6.95. The zero-order valence-corrected chi connectivity index (χ0v) is 12.7. The van der Waals surface area contributed by atoms with Crippen LogP contribution < -0.4 is 5.73 Å². The van der Waals surface area contributed by atoms with E-state index in [1.54, 1.807) is 12.1 Å². The van der Waals surface area contributed by atoms with Gasteiger partial charge in [-0.15, -0.1) is 0 Å². The number of nitrogens with two attached hydrogens (primary N) is 1. The SMILES string of the molecule is NC(c1cccc(C2CCC2)c1)c1cc(Br)ccc1F. The van der Waals surface area contributed by atoms with E-state index in [2.05, 4.69) is 28.1 Å². The van der Waals surface area contributed by atoms with Crippen molar-refractivity contribution >= 4 is 15.9 Å². The van der Waals surface area contributed by atoms with E-state index in [0.717, 1.165) is 10.0 Å². The summed E-state index contributed by atoms with van der Waals surface area (Å²) in [6.07, 6.45) is 3.81. The molecule has 1 fully saturated rings. The Labute approximate surface area is 127 Å². The van der Waals surface area contributed by atoms with Gasteiger partial charge in [0.2, 0.25) is 0 Å². The average Bonchev–Trinajstić information content (AvgIpc) is 2.39. The number of benzene rings is 2. The van der Waals surface area contributed by atoms with E-state index in [1.165, 1.54) is 30.9 Å². The maximum absolute atomic E-state index is 13.9. The summed E-state index contributed by atoms with van der Waals surface area (Å²) in [7, 11) is 0. The lowest BCUT2D eigenvalue weighted by atomic mass is 9.79. The Bertz CT molecular complexity index is 622. The van der Waals surface area contributed by atoms with Gasteiger partial charge in [0.1, 0.15) is 5.82 Å². The van der Waals surface area contributed by atoms with Crippen LogP contribution in [0.1, 0.15) is 47.9 Å². The molecule has 104 valence electrons. The third-order valence-electron chi connectivity index (χ3n) is 4.14. The Kier molecular flexibility index (Phi) is 3.90. The minimum atomic E-state index is -0.424. The van der Waals surface area contributed by atoms with E-state index in [9.17, 15) is 4.39 Å². The fourth-order valence-corrected chi connectivity index (χ4v) is 3.06. The molecule has 2 aromatic rings. The van der Waals surface area contributed by atoms with Crippen molar-refractivity contribution in [3.05, 3.63) is 69.4 Å². The largest absolute Gasteiger partial charge is 0.320 e. The smallest absolute Gasteiger partial charge is 0.128 e. The minimum Gasteiger partial charge on any atom is -0.320 e. The first-order valence-corrected chi connectivity index (χ1v) is 7.75. The van der Waals surface area contributed by atoms with Gasteiger partial charge in [-0.05, 0) is 48.1 Å². The molecule has 1 unspecified atom stereocenters. The van der Waals surface area contributed by atoms with E-state index in [1.807, 2.05) is 12.1 Å². The van der Waals surface area contributed by atoms with Crippen molar-refractivity contribution in [2.75, 3.05) is 0 Å². The lowest BCUT2D eigenvalue weighted by Crippen LogP contribution is -2.15. The molecule has 0 bridgehead atoms. The molecule has 3 rings (SSSR count). The van der Waals surface area contributed by atoms with E-state index in [4.69, 9.17) is 5.73 Å². The van der Waals surface area contributed by atoms with Gasteiger partial charge in [-0.1, -0.05) is 46.6 Å². The van der Waals surface area contributed by atoms with Gasteiger partial charge in [0.15, 0.2) is 0 Å². The van der Waals surface area contributed by atoms with Crippen LogP contribution in [0.15, 0.2) is 46.9 Å². The van der Waals surface area contributed by atoms with Crippen LogP contribution >= 0.6 is 15.9 Å². The maximum atomic E-state index is 13.9. The fourth-order valence-electron chi connectivity index (χ4n) is 2.68. The van der Waals surface area contributed by atoms with Crippen LogP contribution in [0.2, 0.25) is 0 Å². The zero-order valence-electron chi connectivity index (χ0n) is 11.2. The van der Waals surface area contributed by atoms with Crippen molar-refractivity contribution in [3.8, 4) is 0 Å². The molecule has 2 N–H and O–H groups in total. The van der Waals surface area contributed by atoms with Crippen LogP contribution in [0.4, 0.5) is 4.39 Å². The summed E-state index contributed by atoms with van der Waals surface area (Å²) < 4.78 is 14.8. The monoisotopic (exact) mass is 333 g/mol. The number of halogens is 2. The van der Waals surface area contributed by atoms with Crippen molar-refractivity contribution in [1.29, 1.82) is 0 Å². The lowest BCUT2D eigenvalue weighted by molar-refractivity contribution is 0.419. The highest BCUT2D eigenvalue weighted by molar-refractivity contribution is 9.10.